The SMILES string of the molecule is CSC1CC2C3CC(OC4CC5CC4C4CC(SC(C)=O)CC54)C(C3)C2C1. The summed E-state index contributed by atoms with van der Waals surface area (Å²) in [6, 6.07) is 0. The zero-order valence-electron chi connectivity index (χ0n) is 16.7. The molecule has 0 aromatic carbocycles. The molecule has 6 saturated carbocycles. The van der Waals surface area contributed by atoms with Gasteiger partial charge in [0.2, 0.25) is 0 Å². The van der Waals surface area contributed by atoms with E-state index >= 15 is 0 Å². The van der Waals surface area contributed by atoms with Crippen LogP contribution in [0.1, 0.15) is 58.3 Å². The first-order chi connectivity index (χ1) is 13.1. The van der Waals surface area contributed by atoms with Crippen molar-refractivity contribution in [3.63, 3.8) is 0 Å². The first-order valence-electron chi connectivity index (χ1n) is 11.5. The van der Waals surface area contributed by atoms with Gasteiger partial charge in [-0.1, -0.05) is 11.8 Å². The number of rotatable bonds is 4. The predicted molar refractivity (Wildman–Crippen MR) is 113 cm³/mol. The number of hydrogen-bond donors (Lipinski definition) is 0. The molecule has 0 amide bonds. The van der Waals surface area contributed by atoms with Crippen molar-refractivity contribution in [3.05, 3.63) is 0 Å². The topological polar surface area (TPSA) is 26.3 Å². The summed E-state index contributed by atoms with van der Waals surface area (Å²) < 4.78 is 6.96. The minimum Gasteiger partial charge on any atom is -0.374 e. The molecule has 6 rings (SSSR count). The van der Waals surface area contributed by atoms with Crippen LogP contribution in [0.25, 0.3) is 0 Å². The van der Waals surface area contributed by atoms with Crippen molar-refractivity contribution < 1.29 is 9.53 Å². The Morgan fingerprint density at radius 1 is 0.704 bits per heavy atom. The second-order valence-corrected chi connectivity index (χ2v) is 13.3. The number of hydrogen-bond acceptors (Lipinski definition) is 4. The Morgan fingerprint density at radius 3 is 1.78 bits per heavy atom. The van der Waals surface area contributed by atoms with Crippen LogP contribution in [0, 0.1) is 47.3 Å². The van der Waals surface area contributed by atoms with Crippen LogP contribution in [0.4, 0.5) is 0 Å². The lowest BCUT2D eigenvalue weighted by Gasteiger charge is -2.37. The van der Waals surface area contributed by atoms with Crippen molar-refractivity contribution in [2.45, 2.75) is 81.0 Å². The zero-order valence-corrected chi connectivity index (χ0v) is 18.4. The highest BCUT2D eigenvalue weighted by molar-refractivity contribution is 8.14. The summed E-state index contributed by atoms with van der Waals surface area (Å²) in [6.07, 6.45) is 14.6. The van der Waals surface area contributed by atoms with E-state index in [1.807, 2.05) is 0 Å². The van der Waals surface area contributed by atoms with Gasteiger partial charge in [0.1, 0.15) is 0 Å². The highest BCUT2D eigenvalue weighted by Gasteiger charge is 2.60. The van der Waals surface area contributed by atoms with E-state index in [0.29, 0.717) is 22.6 Å². The Hall–Kier alpha value is 0.330. The summed E-state index contributed by atoms with van der Waals surface area (Å²) in [6.45, 7) is 1.74. The summed E-state index contributed by atoms with van der Waals surface area (Å²) in [4.78, 5) is 11.5. The monoisotopic (exact) mass is 406 g/mol. The molecule has 0 radical (unpaired) electrons. The maximum atomic E-state index is 11.5. The van der Waals surface area contributed by atoms with Crippen LogP contribution in [0.5, 0.6) is 0 Å². The number of fused-ring (bicyclic) bond motifs is 10. The van der Waals surface area contributed by atoms with Gasteiger partial charge in [-0.3, -0.25) is 4.79 Å². The second kappa shape index (κ2) is 6.67. The van der Waals surface area contributed by atoms with Gasteiger partial charge in [0.05, 0.1) is 12.2 Å². The molecule has 0 spiro atoms. The number of carbonyl (C=O) groups excluding carboxylic acids is 1. The lowest BCUT2D eigenvalue weighted by atomic mass is 9.78. The fraction of sp³-hybridized carbons (Fsp3) is 0.957. The minimum absolute atomic E-state index is 0.316. The number of thioether (sulfide) groups is 2. The van der Waals surface area contributed by atoms with Crippen molar-refractivity contribution in [1.29, 1.82) is 0 Å². The molecule has 0 aromatic heterocycles. The maximum Gasteiger partial charge on any atom is 0.186 e. The molecule has 6 fully saturated rings. The van der Waals surface area contributed by atoms with Gasteiger partial charge >= 0.3 is 0 Å². The van der Waals surface area contributed by atoms with Gasteiger partial charge in [0, 0.05) is 17.4 Å². The van der Waals surface area contributed by atoms with Gasteiger partial charge in [-0.2, -0.15) is 11.8 Å². The summed E-state index contributed by atoms with van der Waals surface area (Å²) in [5.41, 5.74) is 0. The molecule has 0 aromatic rings. The highest BCUT2D eigenvalue weighted by atomic mass is 32.2. The van der Waals surface area contributed by atoms with Crippen LogP contribution < -0.4 is 0 Å². The maximum absolute atomic E-state index is 11.5. The standard InChI is InChI=1S/C23H34O2S2/c1-11(24)27-15-9-17-13-4-21(19(17)10-15)23(6-13)25-22-5-12-3-20(22)18-8-14(26-2)7-16(12)18/h12-23H,3-10H2,1-2H3. The second-order valence-electron chi connectivity index (χ2n) is 10.7. The normalized spacial score (nSPS) is 57.4. The fourth-order valence-corrected chi connectivity index (χ4v) is 10.9. The molecule has 0 heterocycles. The van der Waals surface area contributed by atoms with Crippen molar-refractivity contribution in [3.8, 4) is 0 Å². The van der Waals surface area contributed by atoms with Crippen LogP contribution in [-0.2, 0) is 9.53 Å². The average Bonchev–Trinajstić information content (AvgIpc) is 3.41. The quantitative estimate of drug-likeness (QED) is 0.637. The molecular formula is C23H34O2S2. The molecule has 0 N–H and O–H groups in total. The molecule has 2 nitrogen and oxygen atoms in total. The first-order valence-corrected chi connectivity index (χ1v) is 13.6. The highest BCUT2D eigenvalue weighted by Crippen LogP contribution is 2.64. The zero-order chi connectivity index (χ0) is 18.3. The van der Waals surface area contributed by atoms with Crippen LogP contribution in [-0.4, -0.2) is 34.1 Å². The van der Waals surface area contributed by atoms with E-state index in [4.69, 9.17) is 4.74 Å². The van der Waals surface area contributed by atoms with E-state index in [-0.39, 0.29) is 0 Å². The third-order valence-corrected chi connectivity index (χ3v) is 11.8. The summed E-state index contributed by atoms with van der Waals surface area (Å²) in [5.74, 6) is 7.39. The molecule has 27 heavy (non-hydrogen) atoms. The molecule has 4 bridgehead atoms. The Kier molecular flexibility index (Phi) is 4.48. The summed E-state index contributed by atoms with van der Waals surface area (Å²) in [7, 11) is 0. The van der Waals surface area contributed by atoms with Crippen molar-refractivity contribution >= 4 is 28.6 Å². The van der Waals surface area contributed by atoms with Crippen molar-refractivity contribution in [2.75, 3.05) is 6.26 Å². The number of ether oxygens (including phenoxy) is 1. The summed E-state index contributed by atoms with van der Waals surface area (Å²) >= 11 is 3.74. The van der Waals surface area contributed by atoms with E-state index in [1.54, 1.807) is 18.7 Å². The van der Waals surface area contributed by atoms with Gasteiger partial charge in [0.15, 0.2) is 5.12 Å². The van der Waals surface area contributed by atoms with E-state index in [9.17, 15) is 4.79 Å². The third-order valence-electron chi connectivity index (χ3n) is 9.74. The van der Waals surface area contributed by atoms with Gasteiger partial charge in [-0.25, -0.2) is 0 Å². The van der Waals surface area contributed by atoms with Crippen molar-refractivity contribution in [1.82, 2.24) is 0 Å². The van der Waals surface area contributed by atoms with Gasteiger partial charge < -0.3 is 4.74 Å². The Balaban J connectivity index is 1.10. The fourth-order valence-electron chi connectivity index (χ4n) is 8.98. The van der Waals surface area contributed by atoms with Crippen LogP contribution in [0.2, 0.25) is 0 Å². The lowest BCUT2D eigenvalue weighted by molar-refractivity contribution is -0.109. The molecule has 6 aliphatic rings. The summed E-state index contributed by atoms with van der Waals surface area (Å²) in [5, 5.41) is 1.85. The van der Waals surface area contributed by atoms with E-state index < -0.39 is 0 Å². The molecule has 0 aliphatic heterocycles. The molecule has 0 saturated heterocycles. The van der Waals surface area contributed by atoms with Gasteiger partial charge in [-0.15, -0.1) is 0 Å². The van der Waals surface area contributed by atoms with Gasteiger partial charge in [0.25, 0.3) is 0 Å². The predicted octanol–water partition coefficient (Wildman–Crippen LogP) is 5.25. The minimum atomic E-state index is 0.316. The van der Waals surface area contributed by atoms with E-state index in [0.717, 1.165) is 52.6 Å². The largest absolute Gasteiger partial charge is 0.374 e. The van der Waals surface area contributed by atoms with E-state index in [2.05, 4.69) is 18.0 Å². The van der Waals surface area contributed by atoms with Crippen molar-refractivity contribution in [2.24, 2.45) is 47.3 Å². The molecular weight excluding hydrogens is 372 g/mol. The smallest absolute Gasteiger partial charge is 0.186 e. The Bertz CT molecular complexity index is 623. The molecule has 150 valence electrons. The molecule has 4 heteroatoms. The third kappa shape index (κ3) is 2.82. The molecule has 6 aliphatic carbocycles. The first kappa shape index (κ1) is 18.1. The molecule has 12 atom stereocenters. The molecule has 12 unspecified atom stereocenters. The van der Waals surface area contributed by atoms with Crippen LogP contribution >= 0.6 is 23.5 Å². The Labute approximate surface area is 172 Å². The average molecular weight is 407 g/mol. The van der Waals surface area contributed by atoms with Crippen LogP contribution in [0.15, 0.2) is 0 Å². The lowest BCUT2D eigenvalue weighted by Crippen LogP contribution is -2.38. The Morgan fingerprint density at radius 2 is 1.22 bits per heavy atom. The van der Waals surface area contributed by atoms with Gasteiger partial charge in [-0.05, 0) is 105 Å². The van der Waals surface area contributed by atoms with Crippen LogP contribution in [0.3, 0.4) is 0 Å². The number of carbonyl (C=O) groups is 1. The van der Waals surface area contributed by atoms with E-state index in [1.165, 1.54) is 51.4 Å².